The van der Waals surface area contributed by atoms with Gasteiger partial charge in [-0.15, -0.1) is 0 Å². The van der Waals surface area contributed by atoms with Crippen molar-refractivity contribution in [2.45, 2.75) is 38.6 Å². The molecule has 0 spiro atoms. The number of Topliss-reactive ketones (excluding diaryl/α,β-unsaturated/α-hetero) is 1. The minimum Gasteiger partial charge on any atom is -0.459 e. The van der Waals surface area contributed by atoms with Crippen molar-refractivity contribution in [1.29, 1.82) is 0 Å². The van der Waals surface area contributed by atoms with E-state index < -0.39 is 52.6 Å². The number of β-lactam (4-membered cyclic amide) rings is 1. The van der Waals surface area contributed by atoms with Crippen molar-refractivity contribution in [3.05, 3.63) is 39.9 Å². The molecule has 0 aliphatic carbocycles. The zero-order chi connectivity index (χ0) is 19.2. The Morgan fingerprint density at radius 3 is 2.50 bits per heavy atom. The molecule has 2 heterocycles. The molecule has 9 heteroatoms. The Morgan fingerprint density at radius 1 is 1.35 bits per heavy atom. The lowest BCUT2D eigenvalue weighted by atomic mass is 9.79. The summed E-state index contributed by atoms with van der Waals surface area (Å²) >= 11 is 0. The predicted octanol–water partition coefficient (Wildman–Crippen LogP) is 0.433. The summed E-state index contributed by atoms with van der Waals surface area (Å²) in [6.07, 6.45) is -0.895. The lowest BCUT2D eigenvalue weighted by Gasteiger charge is -2.46. The maximum Gasteiger partial charge on any atom is 0.337 e. The minimum atomic E-state index is -1.30. The fourth-order valence-electron chi connectivity index (χ4n) is 3.63. The van der Waals surface area contributed by atoms with E-state index >= 15 is 0 Å². The van der Waals surface area contributed by atoms with Crippen LogP contribution < -0.4 is 0 Å². The molecule has 3 rings (SSSR count). The molecule has 2 saturated heterocycles. The number of nitrogens with zero attached hydrogens (tertiary/aromatic N) is 2. The number of carbonyl (C=O) groups is 3. The van der Waals surface area contributed by atoms with Crippen LogP contribution in [0.1, 0.15) is 19.4 Å². The van der Waals surface area contributed by atoms with Crippen molar-refractivity contribution >= 4 is 23.3 Å². The topological polar surface area (TPSA) is 127 Å². The molecular formula is C17H18N2O7. The number of aliphatic hydroxyl groups is 1. The highest BCUT2D eigenvalue weighted by Gasteiger charge is 2.64. The molecule has 0 saturated carbocycles. The van der Waals surface area contributed by atoms with Gasteiger partial charge < -0.3 is 14.7 Å². The number of nitro benzene ring substituents is 1. The molecule has 26 heavy (non-hydrogen) atoms. The molecule has 138 valence electrons. The summed E-state index contributed by atoms with van der Waals surface area (Å²) in [4.78, 5) is 48.2. The Hall–Kier alpha value is -2.81. The number of nitro groups is 1. The van der Waals surface area contributed by atoms with E-state index in [2.05, 4.69) is 0 Å². The number of benzene rings is 1. The van der Waals surface area contributed by atoms with Gasteiger partial charge in [0, 0.05) is 18.1 Å². The second-order valence-electron chi connectivity index (χ2n) is 6.63. The second-order valence-corrected chi connectivity index (χ2v) is 6.63. The monoisotopic (exact) mass is 362 g/mol. The Labute approximate surface area is 148 Å². The molecule has 0 radical (unpaired) electrons. The quantitative estimate of drug-likeness (QED) is 0.265. The van der Waals surface area contributed by atoms with E-state index in [9.17, 15) is 29.6 Å². The Morgan fingerprint density at radius 2 is 1.96 bits per heavy atom. The summed E-state index contributed by atoms with van der Waals surface area (Å²) in [6.45, 7) is 2.95. The molecule has 0 bridgehead atoms. The van der Waals surface area contributed by atoms with E-state index in [1.165, 1.54) is 36.1 Å². The standard InChI is InChI=1S/C17H18N2O7/c1-8-13-12(9(2)20)16(22)18(13)14(15(8)21)17(23)26-7-10-3-5-11(6-4-10)19(24)25/h3-6,8-9,12-14,20H,7H2,1-2H3/t8-,9-,12-,13-,14?/m1/s1. The third-order valence-corrected chi connectivity index (χ3v) is 5.01. The van der Waals surface area contributed by atoms with Crippen LogP contribution in [0.5, 0.6) is 0 Å². The summed E-state index contributed by atoms with van der Waals surface area (Å²) in [7, 11) is 0. The van der Waals surface area contributed by atoms with Crippen LogP contribution in [-0.2, 0) is 25.7 Å². The van der Waals surface area contributed by atoms with E-state index in [0.29, 0.717) is 5.56 Å². The number of esters is 1. The van der Waals surface area contributed by atoms with Gasteiger partial charge >= 0.3 is 5.97 Å². The maximum atomic E-state index is 12.4. The van der Waals surface area contributed by atoms with Crippen molar-refractivity contribution in [3.8, 4) is 0 Å². The highest BCUT2D eigenvalue weighted by molar-refractivity contribution is 6.12. The second kappa shape index (κ2) is 6.49. The van der Waals surface area contributed by atoms with Crippen LogP contribution >= 0.6 is 0 Å². The van der Waals surface area contributed by atoms with E-state index in [0.717, 1.165) is 0 Å². The highest BCUT2D eigenvalue weighted by atomic mass is 16.6. The van der Waals surface area contributed by atoms with Gasteiger partial charge in [-0.2, -0.15) is 0 Å². The summed E-state index contributed by atoms with van der Waals surface area (Å²) in [5.41, 5.74) is 0.439. The number of hydrogen-bond donors (Lipinski definition) is 1. The van der Waals surface area contributed by atoms with Crippen molar-refractivity contribution < 1.29 is 29.2 Å². The number of non-ortho nitro benzene ring substituents is 1. The van der Waals surface area contributed by atoms with Crippen molar-refractivity contribution in [1.82, 2.24) is 4.90 Å². The molecule has 5 atom stereocenters. The lowest BCUT2D eigenvalue weighted by molar-refractivity contribution is -0.384. The fraction of sp³-hybridized carbons (Fsp3) is 0.471. The van der Waals surface area contributed by atoms with Gasteiger partial charge in [-0.05, 0) is 24.6 Å². The lowest BCUT2D eigenvalue weighted by Crippen LogP contribution is -2.65. The maximum absolute atomic E-state index is 12.4. The minimum absolute atomic E-state index is 0.0851. The van der Waals surface area contributed by atoms with E-state index in [4.69, 9.17) is 4.74 Å². The van der Waals surface area contributed by atoms with Crippen LogP contribution in [0.2, 0.25) is 0 Å². The Balaban J connectivity index is 1.67. The molecule has 1 amide bonds. The smallest absolute Gasteiger partial charge is 0.337 e. The molecular weight excluding hydrogens is 344 g/mol. The molecule has 1 aromatic rings. The molecule has 2 aliphatic rings. The van der Waals surface area contributed by atoms with E-state index in [1.54, 1.807) is 6.92 Å². The average Bonchev–Trinajstić information content (AvgIpc) is 2.81. The first-order valence-electron chi connectivity index (χ1n) is 8.18. The largest absolute Gasteiger partial charge is 0.459 e. The first-order valence-corrected chi connectivity index (χ1v) is 8.18. The van der Waals surface area contributed by atoms with Crippen LogP contribution in [-0.4, -0.2) is 50.8 Å². The number of ether oxygens (including phenoxy) is 1. The van der Waals surface area contributed by atoms with Gasteiger partial charge in [-0.1, -0.05) is 6.92 Å². The van der Waals surface area contributed by atoms with Crippen LogP contribution in [0.4, 0.5) is 5.69 Å². The van der Waals surface area contributed by atoms with Gasteiger partial charge in [0.15, 0.2) is 11.8 Å². The van der Waals surface area contributed by atoms with Gasteiger partial charge in [-0.25, -0.2) is 4.79 Å². The summed E-state index contributed by atoms with van der Waals surface area (Å²) in [6, 6.07) is 3.68. The molecule has 2 fully saturated rings. The van der Waals surface area contributed by atoms with E-state index in [1.807, 2.05) is 0 Å². The van der Waals surface area contributed by atoms with Crippen LogP contribution in [0.15, 0.2) is 24.3 Å². The van der Waals surface area contributed by atoms with Crippen LogP contribution in [0.25, 0.3) is 0 Å². The third kappa shape index (κ3) is 2.74. The summed E-state index contributed by atoms with van der Waals surface area (Å²) in [5.74, 6) is -2.90. The number of carbonyl (C=O) groups excluding carboxylic acids is 3. The van der Waals surface area contributed by atoms with Gasteiger partial charge in [0.25, 0.3) is 5.69 Å². The van der Waals surface area contributed by atoms with E-state index in [-0.39, 0.29) is 12.3 Å². The molecule has 9 nitrogen and oxygen atoms in total. The zero-order valence-electron chi connectivity index (χ0n) is 14.2. The molecule has 1 unspecified atom stereocenters. The summed E-state index contributed by atoms with van der Waals surface area (Å²) < 4.78 is 5.14. The van der Waals surface area contributed by atoms with Gasteiger partial charge in [0.1, 0.15) is 6.61 Å². The number of amides is 1. The van der Waals surface area contributed by atoms with Gasteiger partial charge in [0.05, 0.1) is 23.0 Å². The Bertz CT molecular complexity index is 774. The third-order valence-electron chi connectivity index (χ3n) is 5.01. The summed E-state index contributed by atoms with van der Waals surface area (Å²) in [5, 5.41) is 20.3. The number of ketones is 1. The molecule has 1 N–H and O–H groups in total. The van der Waals surface area contributed by atoms with Gasteiger partial charge in [-0.3, -0.25) is 19.7 Å². The molecule has 2 aliphatic heterocycles. The number of rotatable bonds is 5. The highest BCUT2D eigenvalue weighted by Crippen LogP contribution is 2.43. The molecule has 1 aromatic carbocycles. The van der Waals surface area contributed by atoms with Crippen LogP contribution in [0.3, 0.4) is 0 Å². The number of aliphatic hydroxyl groups excluding tert-OH is 1. The van der Waals surface area contributed by atoms with Gasteiger partial charge in [0.2, 0.25) is 5.91 Å². The zero-order valence-corrected chi connectivity index (χ0v) is 14.2. The van der Waals surface area contributed by atoms with Crippen molar-refractivity contribution in [3.63, 3.8) is 0 Å². The number of hydrogen-bond acceptors (Lipinski definition) is 7. The predicted molar refractivity (Wildman–Crippen MR) is 86.7 cm³/mol. The molecule has 0 aromatic heterocycles. The fourth-order valence-corrected chi connectivity index (χ4v) is 3.63. The first kappa shape index (κ1) is 18.0. The first-order chi connectivity index (χ1) is 12.2. The average molecular weight is 362 g/mol. The van der Waals surface area contributed by atoms with Crippen molar-refractivity contribution in [2.75, 3.05) is 0 Å². The normalized spacial score (nSPS) is 28.3. The SMILES string of the molecule is C[C@@H](O)[C@H]1C(=O)N2C(C(=O)OCc3ccc([N+](=O)[O-])cc3)C(=O)[C@H](C)[C@H]12. The van der Waals surface area contributed by atoms with Crippen molar-refractivity contribution in [2.24, 2.45) is 11.8 Å². The Kier molecular flexibility index (Phi) is 4.49. The van der Waals surface area contributed by atoms with Crippen LogP contribution in [0, 0.1) is 22.0 Å². The number of fused-ring (bicyclic) bond motifs is 1.